The molecule has 17 heavy (non-hydrogen) atoms. The molecule has 0 saturated carbocycles. The third-order valence-corrected chi connectivity index (χ3v) is 4.16. The molecule has 0 aromatic heterocycles. The molecule has 2 aliphatic heterocycles. The van der Waals surface area contributed by atoms with Crippen LogP contribution in [0.25, 0.3) is 0 Å². The van der Waals surface area contributed by atoms with Crippen molar-refractivity contribution in [3.05, 3.63) is 0 Å². The maximum Gasteiger partial charge on any atom is 0.227 e. The molecule has 0 spiro atoms. The Kier molecular flexibility index (Phi) is 4.40. The van der Waals surface area contributed by atoms with Gasteiger partial charge in [0.1, 0.15) is 0 Å². The maximum atomic E-state index is 12.3. The van der Waals surface area contributed by atoms with Gasteiger partial charge >= 0.3 is 0 Å². The Balaban J connectivity index is 1.82. The molecule has 0 unspecified atom stereocenters. The number of methoxy groups -OCH3 is 1. The minimum Gasteiger partial charge on any atom is -0.384 e. The minimum atomic E-state index is 0.203. The van der Waals surface area contributed by atoms with Crippen molar-refractivity contribution in [2.45, 2.75) is 19.8 Å². The van der Waals surface area contributed by atoms with Crippen molar-refractivity contribution in [3.63, 3.8) is 0 Å². The van der Waals surface area contributed by atoms with E-state index in [1.807, 2.05) is 0 Å². The van der Waals surface area contributed by atoms with Gasteiger partial charge in [-0.3, -0.25) is 4.79 Å². The van der Waals surface area contributed by atoms with Crippen LogP contribution in [0.15, 0.2) is 0 Å². The lowest BCUT2D eigenvalue weighted by molar-refractivity contribution is -0.137. The Morgan fingerprint density at radius 1 is 1.35 bits per heavy atom. The van der Waals surface area contributed by atoms with Gasteiger partial charge < -0.3 is 15.0 Å². The SMILES string of the molecule is COCC1CCN(C(=O)[C@@H]2CNC[C@H]2C)CC1. The summed E-state index contributed by atoms with van der Waals surface area (Å²) in [7, 11) is 1.75. The molecule has 2 atom stereocenters. The molecule has 2 saturated heterocycles. The van der Waals surface area contributed by atoms with E-state index in [1.54, 1.807) is 7.11 Å². The predicted octanol–water partition coefficient (Wildman–Crippen LogP) is 0.727. The van der Waals surface area contributed by atoms with Crippen LogP contribution in [0.2, 0.25) is 0 Å². The quantitative estimate of drug-likeness (QED) is 0.790. The summed E-state index contributed by atoms with van der Waals surface area (Å²) in [6.45, 7) is 6.67. The van der Waals surface area contributed by atoms with Crippen LogP contribution in [0.5, 0.6) is 0 Å². The van der Waals surface area contributed by atoms with Crippen LogP contribution in [-0.2, 0) is 9.53 Å². The second-order valence-electron chi connectivity index (χ2n) is 5.47. The molecule has 0 aromatic carbocycles. The largest absolute Gasteiger partial charge is 0.384 e. The average molecular weight is 240 g/mol. The lowest BCUT2D eigenvalue weighted by atomic mass is 9.93. The van der Waals surface area contributed by atoms with E-state index in [4.69, 9.17) is 4.74 Å². The van der Waals surface area contributed by atoms with Crippen molar-refractivity contribution < 1.29 is 9.53 Å². The van der Waals surface area contributed by atoms with E-state index in [-0.39, 0.29) is 5.92 Å². The Morgan fingerprint density at radius 2 is 2.06 bits per heavy atom. The lowest BCUT2D eigenvalue weighted by Crippen LogP contribution is -2.44. The highest BCUT2D eigenvalue weighted by Gasteiger charge is 2.34. The Morgan fingerprint density at radius 3 is 2.59 bits per heavy atom. The first-order valence-electron chi connectivity index (χ1n) is 6.70. The predicted molar refractivity (Wildman–Crippen MR) is 66.7 cm³/mol. The number of likely N-dealkylation sites (tertiary alicyclic amines) is 1. The normalized spacial score (nSPS) is 30.8. The van der Waals surface area contributed by atoms with Crippen molar-refractivity contribution in [1.82, 2.24) is 10.2 Å². The van der Waals surface area contributed by atoms with E-state index in [2.05, 4.69) is 17.1 Å². The summed E-state index contributed by atoms with van der Waals surface area (Å²) >= 11 is 0. The standard InChI is InChI=1S/C13H24N2O2/c1-10-7-14-8-12(10)13(16)15-5-3-11(4-6-15)9-17-2/h10-12,14H,3-9H2,1-2H3/t10-,12-/m1/s1. The zero-order valence-electron chi connectivity index (χ0n) is 10.9. The van der Waals surface area contributed by atoms with E-state index in [0.717, 1.165) is 45.6 Å². The van der Waals surface area contributed by atoms with Crippen LogP contribution < -0.4 is 5.32 Å². The fourth-order valence-corrected chi connectivity index (χ4v) is 2.93. The molecular weight excluding hydrogens is 216 g/mol. The molecular formula is C13H24N2O2. The maximum absolute atomic E-state index is 12.3. The van der Waals surface area contributed by atoms with Gasteiger partial charge in [0.05, 0.1) is 5.92 Å². The van der Waals surface area contributed by atoms with Gasteiger partial charge in [-0.2, -0.15) is 0 Å². The van der Waals surface area contributed by atoms with E-state index in [1.165, 1.54) is 0 Å². The van der Waals surface area contributed by atoms with Crippen molar-refractivity contribution in [1.29, 1.82) is 0 Å². The first-order valence-corrected chi connectivity index (χ1v) is 6.70. The molecule has 2 aliphatic rings. The van der Waals surface area contributed by atoms with Crippen LogP contribution in [0.1, 0.15) is 19.8 Å². The summed E-state index contributed by atoms with van der Waals surface area (Å²) in [5.74, 6) is 1.69. The van der Waals surface area contributed by atoms with Crippen LogP contribution in [0.3, 0.4) is 0 Å². The summed E-state index contributed by atoms with van der Waals surface area (Å²) < 4.78 is 5.18. The molecule has 2 fully saturated rings. The number of hydrogen-bond donors (Lipinski definition) is 1. The highest BCUT2D eigenvalue weighted by Crippen LogP contribution is 2.23. The Hall–Kier alpha value is -0.610. The molecule has 0 radical (unpaired) electrons. The first-order chi connectivity index (χ1) is 8.22. The Labute approximate surface area is 104 Å². The van der Waals surface area contributed by atoms with Gasteiger partial charge in [-0.25, -0.2) is 0 Å². The molecule has 0 bridgehead atoms. The molecule has 2 heterocycles. The summed E-state index contributed by atoms with van der Waals surface area (Å²) in [5, 5.41) is 3.30. The number of carbonyl (C=O) groups is 1. The topological polar surface area (TPSA) is 41.6 Å². The summed E-state index contributed by atoms with van der Waals surface area (Å²) in [4.78, 5) is 14.4. The minimum absolute atomic E-state index is 0.203. The summed E-state index contributed by atoms with van der Waals surface area (Å²) in [5.41, 5.74) is 0. The van der Waals surface area contributed by atoms with E-state index >= 15 is 0 Å². The molecule has 2 rings (SSSR count). The molecule has 4 nitrogen and oxygen atoms in total. The second kappa shape index (κ2) is 5.83. The molecule has 1 N–H and O–H groups in total. The van der Waals surface area contributed by atoms with Crippen LogP contribution >= 0.6 is 0 Å². The molecule has 0 aromatic rings. The van der Waals surface area contributed by atoms with E-state index < -0.39 is 0 Å². The number of ether oxygens (including phenoxy) is 1. The zero-order valence-corrected chi connectivity index (χ0v) is 10.9. The monoisotopic (exact) mass is 240 g/mol. The number of rotatable bonds is 3. The molecule has 1 amide bonds. The van der Waals surface area contributed by atoms with Gasteiger partial charge in [-0.1, -0.05) is 6.92 Å². The van der Waals surface area contributed by atoms with Crippen molar-refractivity contribution >= 4 is 5.91 Å². The van der Waals surface area contributed by atoms with Crippen molar-refractivity contribution in [2.75, 3.05) is 39.9 Å². The lowest BCUT2D eigenvalue weighted by Gasteiger charge is -2.33. The number of nitrogens with one attached hydrogen (secondary N) is 1. The van der Waals surface area contributed by atoms with Gasteiger partial charge in [0.15, 0.2) is 0 Å². The second-order valence-corrected chi connectivity index (χ2v) is 5.47. The van der Waals surface area contributed by atoms with E-state index in [0.29, 0.717) is 17.7 Å². The third kappa shape index (κ3) is 2.99. The van der Waals surface area contributed by atoms with Crippen molar-refractivity contribution in [2.24, 2.45) is 17.8 Å². The van der Waals surface area contributed by atoms with Crippen LogP contribution in [-0.4, -0.2) is 50.7 Å². The summed E-state index contributed by atoms with van der Waals surface area (Å²) in [6, 6.07) is 0. The van der Waals surface area contributed by atoms with Gasteiger partial charge in [-0.15, -0.1) is 0 Å². The average Bonchev–Trinajstić information content (AvgIpc) is 2.76. The Bertz CT molecular complexity index is 262. The smallest absolute Gasteiger partial charge is 0.227 e. The number of nitrogens with zero attached hydrogens (tertiary/aromatic N) is 1. The number of piperidine rings is 1. The fourth-order valence-electron chi connectivity index (χ4n) is 2.93. The first kappa shape index (κ1) is 12.8. The van der Waals surface area contributed by atoms with E-state index in [9.17, 15) is 4.79 Å². The van der Waals surface area contributed by atoms with Gasteiger partial charge in [0.25, 0.3) is 0 Å². The van der Waals surface area contributed by atoms with Crippen LogP contribution in [0, 0.1) is 17.8 Å². The van der Waals surface area contributed by atoms with Crippen molar-refractivity contribution in [3.8, 4) is 0 Å². The van der Waals surface area contributed by atoms with Gasteiger partial charge in [0.2, 0.25) is 5.91 Å². The zero-order chi connectivity index (χ0) is 12.3. The van der Waals surface area contributed by atoms with Gasteiger partial charge in [-0.05, 0) is 31.2 Å². The highest BCUT2D eigenvalue weighted by atomic mass is 16.5. The number of hydrogen-bond acceptors (Lipinski definition) is 3. The molecule has 0 aliphatic carbocycles. The third-order valence-electron chi connectivity index (χ3n) is 4.16. The fraction of sp³-hybridized carbons (Fsp3) is 0.923. The molecule has 98 valence electrons. The van der Waals surface area contributed by atoms with Gasteiger partial charge in [0, 0.05) is 33.4 Å². The summed E-state index contributed by atoms with van der Waals surface area (Å²) in [6.07, 6.45) is 2.18. The molecule has 4 heteroatoms. The van der Waals surface area contributed by atoms with Crippen LogP contribution in [0.4, 0.5) is 0 Å². The number of amides is 1. The number of carbonyl (C=O) groups excluding carboxylic acids is 1. The highest BCUT2D eigenvalue weighted by molar-refractivity contribution is 5.79.